The summed E-state index contributed by atoms with van der Waals surface area (Å²) >= 11 is 6.04. The minimum atomic E-state index is -0.194. The second-order valence-electron chi connectivity index (χ2n) is 4.09. The summed E-state index contributed by atoms with van der Waals surface area (Å²) in [4.78, 5) is 11.4. The predicted octanol–water partition coefficient (Wildman–Crippen LogP) is 1.93. The highest BCUT2D eigenvalue weighted by Crippen LogP contribution is 2.25. The fourth-order valence-electron chi connectivity index (χ4n) is 1.42. The number of rotatable bonds is 4. The lowest BCUT2D eigenvalue weighted by atomic mass is 10.1. The van der Waals surface area contributed by atoms with E-state index in [1.165, 1.54) is 0 Å². The van der Waals surface area contributed by atoms with Gasteiger partial charge in [-0.2, -0.15) is 0 Å². The van der Waals surface area contributed by atoms with E-state index in [0.29, 0.717) is 5.75 Å². The fraction of sp³-hybridized carbons (Fsp3) is 0.417. The molecule has 1 N–H and O–H groups in total. The Labute approximate surface area is 106 Å². The van der Waals surface area contributed by atoms with Gasteiger partial charge in [-0.25, -0.2) is 5.01 Å². The average molecular weight is 257 g/mol. The van der Waals surface area contributed by atoms with Gasteiger partial charge in [-0.3, -0.25) is 10.2 Å². The summed E-state index contributed by atoms with van der Waals surface area (Å²) in [6.45, 7) is 3.79. The van der Waals surface area contributed by atoms with E-state index < -0.39 is 0 Å². The number of carbonyl (C=O) groups is 1. The molecule has 0 radical (unpaired) electrons. The number of carbonyl (C=O) groups excluding carboxylic acids is 1. The Morgan fingerprint density at radius 3 is 2.35 bits per heavy atom. The van der Waals surface area contributed by atoms with Gasteiger partial charge in [0.25, 0.3) is 5.91 Å². The molecular formula is C12H17ClN2O2. The lowest BCUT2D eigenvalue weighted by Crippen LogP contribution is -2.39. The lowest BCUT2D eigenvalue weighted by Gasteiger charge is -2.13. The van der Waals surface area contributed by atoms with Gasteiger partial charge in [0.1, 0.15) is 5.75 Å². The van der Waals surface area contributed by atoms with Gasteiger partial charge in [0.15, 0.2) is 6.61 Å². The Balaban J connectivity index is 2.61. The van der Waals surface area contributed by atoms with Crippen LogP contribution in [0.4, 0.5) is 0 Å². The average Bonchev–Trinajstić information content (AvgIpc) is 2.22. The number of benzene rings is 1. The predicted molar refractivity (Wildman–Crippen MR) is 68.3 cm³/mol. The zero-order valence-corrected chi connectivity index (χ0v) is 11.3. The Kier molecular flexibility index (Phi) is 4.78. The first-order valence-electron chi connectivity index (χ1n) is 5.26. The van der Waals surface area contributed by atoms with Crippen molar-refractivity contribution in [1.82, 2.24) is 10.4 Å². The van der Waals surface area contributed by atoms with Crippen molar-refractivity contribution in [3.63, 3.8) is 0 Å². The first kappa shape index (κ1) is 13.8. The molecule has 0 heterocycles. The van der Waals surface area contributed by atoms with Crippen molar-refractivity contribution in [2.45, 2.75) is 13.8 Å². The van der Waals surface area contributed by atoms with E-state index in [1.807, 2.05) is 26.0 Å². The maximum absolute atomic E-state index is 11.4. The molecule has 1 rings (SSSR count). The van der Waals surface area contributed by atoms with Crippen LogP contribution >= 0.6 is 11.6 Å². The molecule has 0 fully saturated rings. The molecule has 0 aromatic heterocycles. The molecule has 0 saturated carbocycles. The summed E-state index contributed by atoms with van der Waals surface area (Å²) in [7, 11) is 3.49. The first-order chi connectivity index (χ1) is 7.90. The van der Waals surface area contributed by atoms with Crippen molar-refractivity contribution >= 4 is 17.5 Å². The van der Waals surface area contributed by atoms with Crippen LogP contribution in [0.2, 0.25) is 5.02 Å². The highest BCUT2D eigenvalue weighted by atomic mass is 35.5. The number of hydrazine groups is 1. The van der Waals surface area contributed by atoms with Gasteiger partial charge < -0.3 is 4.74 Å². The fourth-order valence-corrected chi connectivity index (χ4v) is 1.53. The monoisotopic (exact) mass is 256 g/mol. The number of hydrogen-bond acceptors (Lipinski definition) is 3. The molecule has 0 spiro atoms. The molecule has 4 nitrogen and oxygen atoms in total. The minimum absolute atomic E-state index is 0.0152. The smallest absolute Gasteiger partial charge is 0.272 e. The number of nitrogens with zero attached hydrogens (tertiary/aromatic N) is 1. The van der Waals surface area contributed by atoms with Crippen LogP contribution in [-0.2, 0) is 4.79 Å². The van der Waals surface area contributed by atoms with Crippen LogP contribution < -0.4 is 10.2 Å². The summed E-state index contributed by atoms with van der Waals surface area (Å²) in [6.07, 6.45) is 0. The van der Waals surface area contributed by atoms with Crippen LogP contribution in [0.25, 0.3) is 0 Å². The molecule has 0 aliphatic carbocycles. The molecule has 1 aromatic carbocycles. The molecule has 0 aliphatic heterocycles. The van der Waals surface area contributed by atoms with E-state index in [4.69, 9.17) is 16.3 Å². The van der Waals surface area contributed by atoms with Crippen molar-refractivity contribution in [2.75, 3.05) is 20.7 Å². The van der Waals surface area contributed by atoms with Gasteiger partial charge in [-0.15, -0.1) is 0 Å². The van der Waals surface area contributed by atoms with Crippen LogP contribution in [0.3, 0.4) is 0 Å². The highest BCUT2D eigenvalue weighted by Gasteiger charge is 2.06. The topological polar surface area (TPSA) is 41.6 Å². The molecule has 0 atom stereocenters. The second kappa shape index (κ2) is 5.89. The van der Waals surface area contributed by atoms with Crippen LogP contribution in [0, 0.1) is 13.8 Å². The number of halogens is 1. The molecule has 0 saturated heterocycles. The summed E-state index contributed by atoms with van der Waals surface area (Å²) in [5.74, 6) is 0.457. The van der Waals surface area contributed by atoms with Crippen LogP contribution in [0.15, 0.2) is 12.1 Å². The van der Waals surface area contributed by atoms with Gasteiger partial charge in [0.2, 0.25) is 0 Å². The normalized spacial score (nSPS) is 10.5. The number of hydrogen-bond donors (Lipinski definition) is 1. The first-order valence-corrected chi connectivity index (χ1v) is 5.64. The molecule has 17 heavy (non-hydrogen) atoms. The largest absolute Gasteiger partial charge is 0.484 e. The van der Waals surface area contributed by atoms with Crippen molar-refractivity contribution in [3.8, 4) is 5.75 Å². The number of nitrogens with one attached hydrogen (secondary N) is 1. The van der Waals surface area contributed by atoms with Gasteiger partial charge >= 0.3 is 0 Å². The van der Waals surface area contributed by atoms with E-state index >= 15 is 0 Å². The van der Waals surface area contributed by atoms with Gasteiger partial charge in [-0.1, -0.05) is 11.6 Å². The molecular weight excluding hydrogens is 240 g/mol. The number of ether oxygens (including phenoxy) is 1. The van der Waals surface area contributed by atoms with Gasteiger partial charge in [-0.05, 0) is 37.1 Å². The van der Waals surface area contributed by atoms with Crippen molar-refractivity contribution in [1.29, 1.82) is 0 Å². The summed E-state index contributed by atoms with van der Waals surface area (Å²) in [6, 6.07) is 3.64. The zero-order chi connectivity index (χ0) is 13.0. The van der Waals surface area contributed by atoms with E-state index in [0.717, 1.165) is 16.1 Å². The third-order valence-electron chi connectivity index (χ3n) is 2.13. The maximum Gasteiger partial charge on any atom is 0.272 e. The van der Waals surface area contributed by atoms with Crippen molar-refractivity contribution < 1.29 is 9.53 Å². The number of amides is 1. The van der Waals surface area contributed by atoms with E-state index in [9.17, 15) is 4.79 Å². The summed E-state index contributed by atoms with van der Waals surface area (Å²) in [5.41, 5.74) is 4.48. The van der Waals surface area contributed by atoms with Crippen molar-refractivity contribution in [3.05, 3.63) is 28.3 Å². The standard InChI is InChI=1S/C12H17ClN2O2/c1-8-5-10(6-9(2)12(8)13)17-7-11(16)14-15(3)4/h5-6H,7H2,1-4H3,(H,14,16). The second-order valence-corrected chi connectivity index (χ2v) is 4.47. The van der Waals surface area contributed by atoms with Gasteiger partial charge in [0, 0.05) is 19.1 Å². The van der Waals surface area contributed by atoms with E-state index in [-0.39, 0.29) is 12.5 Å². The maximum atomic E-state index is 11.4. The Bertz CT molecular complexity index is 396. The van der Waals surface area contributed by atoms with Crippen LogP contribution in [0.1, 0.15) is 11.1 Å². The quantitative estimate of drug-likeness (QED) is 0.837. The molecule has 94 valence electrons. The molecule has 0 aliphatic rings. The minimum Gasteiger partial charge on any atom is -0.484 e. The van der Waals surface area contributed by atoms with E-state index in [1.54, 1.807) is 19.1 Å². The number of aryl methyl sites for hydroxylation is 2. The van der Waals surface area contributed by atoms with Crippen LogP contribution in [0.5, 0.6) is 5.75 Å². The van der Waals surface area contributed by atoms with Gasteiger partial charge in [0.05, 0.1) is 0 Å². The Morgan fingerprint density at radius 1 is 1.35 bits per heavy atom. The molecule has 1 amide bonds. The molecule has 5 heteroatoms. The Morgan fingerprint density at radius 2 is 1.88 bits per heavy atom. The highest BCUT2D eigenvalue weighted by molar-refractivity contribution is 6.32. The molecule has 0 bridgehead atoms. The SMILES string of the molecule is Cc1cc(OCC(=O)NN(C)C)cc(C)c1Cl. The molecule has 1 aromatic rings. The third-order valence-corrected chi connectivity index (χ3v) is 2.72. The third kappa shape index (κ3) is 4.24. The van der Waals surface area contributed by atoms with Crippen LogP contribution in [-0.4, -0.2) is 31.6 Å². The Hall–Kier alpha value is -1.26. The molecule has 0 unspecified atom stereocenters. The zero-order valence-electron chi connectivity index (χ0n) is 10.5. The van der Waals surface area contributed by atoms with Crippen molar-refractivity contribution in [2.24, 2.45) is 0 Å². The summed E-state index contributed by atoms with van der Waals surface area (Å²) in [5, 5.41) is 2.31. The summed E-state index contributed by atoms with van der Waals surface area (Å²) < 4.78 is 5.39. The lowest BCUT2D eigenvalue weighted by molar-refractivity contribution is -0.126. The van der Waals surface area contributed by atoms with E-state index in [2.05, 4.69) is 5.43 Å².